The number of halogens is 1. The minimum atomic E-state index is -0.445. The molecule has 4 N–H and O–H groups in total. The maximum atomic E-state index is 13.5. The fourth-order valence-electron chi connectivity index (χ4n) is 2.63. The molecular formula is C15H21FN2O2. The van der Waals surface area contributed by atoms with E-state index in [1.807, 2.05) is 0 Å². The lowest BCUT2D eigenvalue weighted by molar-refractivity contribution is -0.126. The van der Waals surface area contributed by atoms with Crippen molar-refractivity contribution in [2.45, 2.75) is 44.9 Å². The summed E-state index contributed by atoms with van der Waals surface area (Å²) in [6, 6.07) is 4.70. The Bertz CT molecular complexity index is 479. The second-order valence-electron chi connectivity index (χ2n) is 5.43. The number of nitrogens with two attached hydrogens (primary N) is 1. The number of rotatable bonds is 4. The molecule has 0 spiro atoms. The van der Waals surface area contributed by atoms with Crippen LogP contribution < -0.4 is 11.1 Å². The number of hydrogen-bond acceptors (Lipinski definition) is 3. The summed E-state index contributed by atoms with van der Waals surface area (Å²) in [7, 11) is 0. The van der Waals surface area contributed by atoms with E-state index >= 15 is 0 Å². The number of carbonyl (C=O) groups excluding carboxylic acids is 1. The SMILES string of the molecule is NC1CCCC(C(=O)NCc2ccc(CO)c(F)c2)C1. The molecule has 110 valence electrons. The van der Waals surface area contributed by atoms with Crippen LogP contribution in [0.2, 0.25) is 0 Å². The molecule has 0 heterocycles. The van der Waals surface area contributed by atoms with Gasteiger partial charge in [0.2, 0.25) is 5.91 Å². The van der Waals surface area contributed by atoms with Crippen LogP contribution in [0, 0.1) is 11.7 Å². The highest BCUT2D eigenvalue weighted by Gasteiger charge is 2.24. The predicted molar refractivity (Wildman–Crippen MR) is 74.1 cm³/mol. The number of nitrogens with one attached hydrogen (secondary N) is 1. The number of aliphatic hydroxyl groups excluding tert-OH is 1. The molecule has 1 aromatic rings. The van der Waals surface area contributed by atoms with Gasteiger partial charge in [-0.25, -0.2) is 4.39 Å². The molecule has 1 saturated carbocycles. The summed E-state index contributed by atoms with van der Waals surface area (Å²) in [5, 5.41) is 11.7. The van der Waals surface area contributed by atoms with Crippen molar-refractivity contribution in [1.82, 2.24) is 5.32 Å². The second kappa shape index (κ2) is 6.81. The number of hydrogen-bond donors (Lipinski definition) is 3. The van der Waals surface area contributed by atoms with Crippen molar-refractivity contribution in [3.8, 4) is 0 Å². The first-order valence-electron chi connectivity index (χ1n) is 7.01. The molecule has 1 amide bonds. The fourth-order valence-corrected chi connectivity index (χ4v) is 2.63. The lowest BCUT2D eigenvalue weighted by Gasteiger charge is -2.25. The number of carbonyl (C=O) groups is 1. The third-order valence-electron chi connectivity index (χ3n) is 3.84. The first-order chi connectivity index (χ1) is 9.60. The average molecular weight is 280 g/mol. The van der Waals surface area contributed by atoms with Gasteiger partial charge in [-0.15, -0.1) is 0 Å². The first kappa shape index (κ1) is 14.9. The van der Waals surface area contributed by atoms with E-state index in [0.29, 0.717) is 12.1 Å². The van der Waals surface area contributed by atoms with Gasteiger partial charge in [-0.2, -0.15) is 0 Å². The van der Waals surface area contributed by atoms with E-state index in [-0.39, 0.29) is 30.0 Å². The Morgan fingerprint density at radius 2 is 2.25 bits per heavy atom. The maximum absolute atomic E-state index is 13.5. The van der Waals surface area contributed by atoms with Gasteiger partial charge in [0.25, 0.3) is 0 Å². The molecule has 4 nitrogen and oxygen atoms in total. The molecule has 2 rings (SSSR count). The van der Waals surface area contributed by atoms with Crippen molar-refractivity contribution in [3.05, 3.63) is 35.1 Å². The van der Waals surface area contributed by atoms with E-state index in [1.54, 1.807) is 6.07 Å². The molecule has 0 bridgehead atoms. The minimum Gasteiger partial charge on any atom is -0.392 e. The van der Waals surface area contributed by atoms with Crippen LogP contribution in [-0.2, 0) is 17.9 Å². The standard InChI is InChI=1S/C15H21FN2O2/c16-14-6-10(4-5-12(14)9-19)8-18-15(20)11-2-1-3-13(17)7-11/h4-6,11,13,19H,1-3,7-9,17H2,(H,18,20). The highest BCUT2D eigenvalue weighted by molar-refractivity contribution is 5.78. The summed E-state index contributed by atoms with van der Waals surface area (Å²) < 4.78 is 13.5. The molecule has 5 heteroatoms. The third-order valence-corrected chi connectivity index (χ3v) is 3.84. The summed E-state index contributed by atoms with van der Waals surface area (Å²) in [6.45, 7) is -0.0222. The molecule has 20 heavy (non-hydrogen) atoms. The number of benzene rings is 1. The third kappa shape index (κ3) is 3.77. The lowest BCUT2D eigenvalue weighted by atomic mass is 9.85. The molecule has 1 aromatic carbocycles. The smallest absolute Gasteiger partial charge is 0.223 e. The van der Waals surface area contributed by atoms with E-state index in [4.69, 9.17) is 10.8 Å². The zero-order valence-corrected chi connectivity index (χ0v) is 11.4. The van der Waals surface area contributed by atoms with Crippen molar-refractivity contribution in [2.75, 3.05) is 0 Å². The van der Waals surface area contributed by atoms with Crippen molar-refractivity contribution < 1.29 is 14.3 Å². The van der Waals surface area contributed by atoms with Gasteiger partial charge in [0, 0.05) is 24.1 Å². The monoisotopic (exact) mass is 280 g/mol. The molecule has 0 aliphatic heterocycles. The quantitative estimate of drug-likeness (QED) is 0.781. The fraction of sp³-hybridized carbons (Fsp3) is 0.533. The van der Waals surface area contributed by atoms with E-state index in [1.165, 1.54) is 12.1 Å². The van der Waals surface area contributed by atoms with Crippen LogP contribution >= 0.6 is 0 Å². The molecule has 0 saturated heterocycles. The predicted octanol–water partition coefficient (Wildman–Crippen LogP) is 1.45. The number of aliphatic hydroxyl groups is 1. The molecule has 0 radical (unpaired) electrons. The Labute approximate surface area is 118 Å². The van der Waals surface area contributed by atoms with Crippen molar-refractivity contribution in [3.63, 3.8) is 0 Å². The van der Waals surface area contributed by atoms with Gasteiger partial charge >= 0.3 is 0 Å². The van der Waals surface area contributed by atoms with Gasteiger partial charge < -0.3 is 16.2 Å². The van der Waals surface area contributed by atoms with Gasteiger partial charge in [0.1, 0.15) is 5.82 Å². The zero-order chi connectivity index (χ0) is 14.5. The first-order valence-corrected chi connectivity index (χ1v) is 7.01. The highest BCUT2D eigenvalue weighted by Crippen LogP contribution is 2.23. The summed E-state index contributed by atoms with van der Waals surface area (Å²) in [5.41, 5.74) is 6.82. The Morgan fingerprint density at radius 3 is 2.90 bits per heavy atom. The largest absolute Gasteiger partial charge is 0.392 e. The molecule has 1 aliphatic rings. The minimum absolute atomic E-state index is 0.00760. The van der Waals surface area contributed by atoms with Crippen molar-refractivity contribution in [2.24, 2.45) is 11.7 Å². The Balaban J connectivity index is 1.88. The van der Waals surface area contributed by atoms with E-state index < -0.39 is 5.82 Å². The summed E-state index contributed by atoms with van der Waals surface area (Å²) in [5.74, 6) is -0.481. The molecule has 0 aromatic heterocycles. The summed E-state index contributed by atoms with van der Waals surface area (Å²) in [6.07, 6.45) is 3.57. The molecule has 2 atom stereocenters. The van der Waals surface area contributed by atoms with Crippen LogP contribution in [0.4, 0.5) is 4.39 Å². The van der Waals surface area contributed by atoms with Crippen LogP contribution in [0.3, 0.4) is 0 Å². The molecule has 1 aliphatic carbocycles. The molecule has 1 fully saturated rings. The lowest BCUT2D eigenvalue weighted by Crippen LogP contribution is -2.37. The second-order valence-corrected chi connectivity index (χ2v) is 5.43. The van der Waals surface area contributed by atoms with Gasteiger partial charge in [-0.05, 0) is 30.9 Å². The van der Waals surface area contributed by atoms with E-state index in [2.05, 4.69) is 5.32 Å². The van der Waals surface area contributed by atoms with E-state index in [9.17, 15) is 9.18 Å². The van der Waals surface area contributed by atoms with Crippen LogP contribution in [-0.4, -0.2) is 17.1 Å². The Kier molecular flexibility index (Phi) is 5.09. The Hall–Kier alpha value is -1.46. The van der Waals surface area contributed by atoms with E-state index in [0.717, 1.165) is 25.7 Å². The van der Waals surface area contributed by atoms with Gasteiger partial charge in [-0.1, -0.05) is 18.6 Å². The van der Waals surface area contributed by atoms with Gasteiger partial charge in [0.15, 0.2) is 0 Å². The highest BCUT2D eigenvalue weighted by atomic mass is 19.1. The average Bonchev–Trinajstić information content (AvgIpc) is 2.45. The van der Waals surface area contributed by atoms with Crippen LogP contribution in [0.1, 0.15) is 36.8 Å². The van der Waals surface area contributed by atoms with Gasteiger partial charge in [0.05, 0.1) is 6.61 Å². The van der Waals surface area contributed by atoms with Crippen LogP contribution in [0.25, 0.3) is 0 Å². The molecular weight excluding hydrogens is 259 g/mol. The van der Waals surface area contributed by atoms with Crippen molar-refractivity contribution in [1.29, 1.82) is 0 Å². The van der Waals surface area contributed by atoms with Crippen LogP contribution in [0.15, 0.2) is 18.2 Å². The topological polar surface area (TPSA) is 75.4 Å². The maximum Gasteiger partial charge on any atom is 0.223 e. The number of amides is 1. The molecule has 2 unspecified atom stereocenters. The summed E-state index contributed by atoms with van der Waals surface area (Å²) >= 11 is 0. The Morgan fingerprint density at radius 1 is 1.45 bits per heavy atom. The normalized spacial score (nSPS) is 22.6. The van der Waals surface area contributed by atoms with Crippen molar-refractivity contribution >= 4 is 5.91 Å². The van der Waals surface area contributed by atoms with Crippen LogP contribution in [0.5, 0.6) is 0 Å². The zero-order valence-electron chi connectivity index (χ0n) is 11.4. The summed E-state index contributed by atoms with van der Waals surface area (Å²) in [4.78, 5) is 12.0. The van der Waals surface area contributed by atoms with Gasteiger partial charge in [-0.3, -0.25) is 4.79 Å².